The number of rotatable bonds is 6. The first-order valence-corrected chi connectivity index (χ1v) is 6.95. The van der Waals surface area contributed by atoms with Crippen molar-refractivity contribution in [1.29, 1.82) is 0 Å². The standard InChI is InChI=1S/C13H27N3/c1-3-8-16(4-2)13(10-14)7-9-15(11-13)12-5-6-12/h12H,3-11,14H2,1-2H3. The van der Waals surface area contributed by atoms with E-state index in [2.05, 4.69) is 23.6 Å². The Kier molecular flexibility index (Phi) is 3.88. The van der Waals surface area contributed by atoms with E-state index in [4.69, 9.17) is 5.73 Å². The van der Waals surface area contributed by atoms with Crippen molar-refractivity contribution in [2.75, 3.05) is 32.7 Å². The maximum atomic E-state index is 6.09. The van der Waals surface area contributed by atoms with E-state index in [-0.39, 0.29) is 5.54 Å². The second kappa shape index (κ2) is 5.03. The van der Waals surface area contributed by atoms with Crippen molar-refractivity contribution in [3.8, 4) is 0 Å². The molecule has 2 rings (SSSR count). The van der Waals surface area contributed by atoms with E-state index in [1.54, 1.807) is 0 Å². The third kappa shape index (κ3) is 2.27. The SMILES string of the molecule is CCCN(CC)C1(CN)CCN(C2CC2)C1. The Morgan fingerprint density at radius 2 is 2.12 bits per heavy atom. The van der Waals surface area contributed by atoms with Gasteiger partial charge in [-0.2, -0.15) is 0 Å². The number of nitrogens with two attached hydrogens (primary N) is 1. The predicted octanol–water partition coefficient (Wildman–Crippen LogP) is 1.28. The molecule has 0 aromatic heterocycles. The third-order valence-corrected chi connectivity index (χ3v) is 4.35. The van der Waals surface area contributed by atoms with Gasteiger partial charge in [-0.25, -0.2) is 0 Å². The molecule has 1 aliphatic carbocycles. The Morgan fingerprint density at radius 1 is 1.38 bits per heavy atom. The zero-order valence-electron chi connectivity index (χ0n) is 10.9. The minimum absolute atomic E-state index is 0.285. The van der Waals surface area contributed by atoms with Crippen LogP contribution in [0.25, 0.3) is 0 Å². The van der Waals surface area contributed by atoms with Gasteiger partial charge in [-0.15, -0.1) is 0 Å². The van der Waals surface area contributed by atoms with Gasteiger partial charge in [0.1, 0.15) is 0 Å². The van der Waals surface area contributed by atoms with Crippen LogP contribution in [0, 0.1) is 0 Å². The highest BCUT2D eigenvalue weighted by molar-refractivity contribution is 5.03. The lowest BCUT2D eigenvalue weighted by Gasteiger charge is -2.40. The van der Waals surface area contributed by atoms with Crippen molar-refractivity contribution in [3.63, 3.8) is 0 Å². The molecule has 1 saturated carbocycles. The molecule has 1 saturated heterocycles. The van der Waals surface area contributed by atoms with Crippen LogP contribution in [0.2, 0.25) is 0 Å². The summed E-state index contributed by atoms with van der Waals surface area (Å²) in [5, 5.41) is 0. The van der Waals surface area contributed by atoms with E-state index in [0.29, 0.717) is 0 Å². The topological polar surface area (TPSA) is 32.5 Å². The molecular formula is C13H27N3. The molecule has 0 radical (unpaired) electrons. The summed E-state index contributed by atoms with van der Waals surface area (Å²) in [6.07, 6.45) is 5.34. The summed E-state index contributed by atoms with van der Waals surface area (Å²) in [5.41, 5.74) is 6.38. The highest BCUT2D eigenvalue weighted by Gasteiger charge is 2.44. The highest BCUT2D eigenvalue weighted by atomic mass is 15.3. The monoisotopic (exact) mass is 225 g/mol. The van der Waals surface area contributed by atoms with Crippen molar-refractivity contribution < 1.29 is 0 Å². The van der Waals surface area contributed by atoms with E-state index >= 15 is 0 Å². The van der Waals surface area contributed by atoms with Crippen molar-refractivity contribution >= 4 is 0 Å². The van der Waals surface area contributed by atoms with Gasteiger partial charge >= 0.3 is 0 Å². The Morgan fingerprint density at radius 3 is 2.62 bits per heavy atom. The summed E-state index contributed by atoms with van der Waals surface area (Å²) in [6, 6.07) is 0.897. The second-order valence-electron chi connectivity index (χ2n) is 5.46. The first-order valence-electron chi connectivity index (χ1n) is 6.95. The van der Waals surface area contributed by atoms with Crippen molar-refractivity contribution in [2.24, 2.45) is 5.73 Å². The molecule has 94 valence electrons. The summed E-state index contributed by atoms with van der Waals surface area (Å²) in [7, 11) is 0. The van der Waals surface area contributed by atoms with Crippen LogP contribution in [0.1, 0.15) is 39.5 Å². The van der Waals surface area contributed by atoms with Gasteiger partial charge in [0.15, 0.2) is 0 Å². The average Bonchev–Trinajstić information content (AvgIpc) is 3.07. The lowest BCUT2D eigenvalue weighted by molar-refractivity contribution is 0.103. The molecule has 1 atom stereocenters. The van der Waals surface area contributed by atoms with Crippen molar-refractivity contribution in [1.82, 2.24) is 9.80 Å². The van der Waals surface area contributed by atoms with Gasteiger partial charge < -0.3 is 5.73 Å². The van der Waals surface area contributed by atoms with E-state index in [0.717, 1.165) is 19.1 Å². The summed E-state index contributed by atoms with van der Waals surface area (Å²) in [4.78, 5) is 5.29. The number of hydrogen-bond donors (Lipinski definition) is 1. The fourth-order valence-electron chi connectivity index (χ4n) is 3.19. The molecule has 2 N–H and O–H groups in total. The number of likely N-dealkylation sites (N-methyl/N-ethyl adjacent to an activating group) is 1. The molecule has 0 aromatic carbocycles. The molecule has 2 aliphatic rings. The van der Waals surface area contributed by atoms with Gasteiger partial charge in [-0.3, -0.25) is 9.80 Å². The number of likely N-dealkylation sites (tertiary alicyclic amines) is 1. The van der Waals surface area contributed by atoms with E-state index < -0.39 is 0 Å². The molecule has 0 spiro atoms. The molecule has 1 heterocycles. The molecule has 3 nitrogen and oxygen atoms in total. The highest BCUT2D eigenvalue weighted by Crippen LogP contribution is 2.35. The summed E-state index contributed by atoms with van der Waals surface area (Å²) < 4.78 is 0. The quantitative estimate of drug-likeness (QED) is 0.739. The molecule has 1 unspecified atom stereocenters. The van der Waals surface area contributed by atoms with Crippen molar-refractivity contribution in [2.45, 2.75) is 51.1 Å². The zero-order chi connectivity index (χ0) is 11.6. The normalized spacial score (nSPS) is 31.5. The van der Waals surface area contributed by atoms with Gasteiger partial charge in [0.05, 0.1) is 0 Å². The molecule has 0 bridgehead atoms. The summed E-state index contributed by atoms with van der Waals surface area (Å²) >= 11 is 0. The minimum atomic E-state index is 0.285. The maximum Gasteiger partial charge on any atom is 0.0470 e. The molecule has 0 aromatic rings. The summed E-state index contributed by atoms with van der Waals surface area (Å²) in [5.74, 6) is 0. The van der Waals surface area contributed by atoms with Gasteiger partial charge in [0, 0.05) is 31.2 Å². The lowest BCUT2D eigenvalue weighted by atomic mass is 9.95. The van der Waals surface area contributed by atoms with Gasteiger partial charge in [-0.1, -0.05) is 13.8 Å². The summed E-state index contributed by atoms with van der Waals surface area (Å²) in [6.45, 7) is 10.2. The molecule has 1 aliphatic heterocycles. The van der Waals surface area contributed by atoms with Gasteiger partial charge in [0.25, 0.3) is 0 Å². The Balaban J connectivity index is 2.00. The molecule has 3 heteroatoms. The van der Waals surface area contributed by atoms with Crippen LogP contribution in [-0.2, 0) is 0 Å². The average molecular weight is 225 g/mol. The fourth-order valence-corrected chi connectivity index (χ4v) is 3.19. The van der Waals surface area contributed by atoms with Crippen LogP contribution in [0.15, 0.2) is 0 Å². The van der Waals surface area contributed by atoms with Crippen LogP contribution in [0.3, 0.4) is 0 Å². The maximum absolute atomic E-state index is 6.09. The Labute approximate surface area is 100.0 Å². The van der Waals surface area contributed by atoms with Crippen LogP contribution in [0.5, 0.6) is 0 Å². The lowest BCUT2D eigenvalue weighted by Crippen LogP contribution is -2.55. The molecular weight excluding hydrogens is 198 g/mol. The first-order chi connectivity index (χ1) is 7.75. The zero-order valence-corrected chi connectivity index (χ0v) is 10.9. The van der Waals surface area contributed by atoms with Crippen LogP contribution in [0.4, 0.5) is 0 Å². The van der Waals surface area contributed by atoms with Crippen LogP contribution >= 0.6 is 0 Å². The predicted molar refractivity (Wildman–Crippen MR) is 68.5 cm³/mol. The number of hydrogen-bond acceptors (Lipinski definition) is 3. The van der Waals surface area contributed by atoms with Crippen LogP contribution in [-0.4, -0.2) is 54.1 Å². The van der Waals surface area contributed by atoms with Crippen LogP contribution < -0.4 is 5.73 Å². The van der Waals surface area contributed by atoms with Gasteiger partial charge in [-0.05, 0) is 38.8 Å². The Bertz CT molecular complexity index is 227. The van der Waals surface area contributed by atoms with E-state index in [1.807, 2.05) is 0 Å². The smallest absolute Gasteiger partial charge is 0.0470 e. The molecule has 2 fully saturated rings. The van der Waals surface area contributed by atoms with Crippen molar-refractivity contribution in [3.05, 3.63) is 0 Å². The largest absolute Gasteiger partial charge is 0.329 e. The number of nitrogens with zero attached hydrogens (tertiary/aromatic N) is 2. The van der Waals surface area contributed by atoms with E-state index in [9.17, 15) is 0 Å². The molecule has 16 heavy (non-hydrogen) atoms. The second-order valence-corrected chi connectivity index (χ2v) is 5.46. The van der Waals surface area contributed by atoms with Gasteiger partial charge in [0.2, 0.25) is 0 Å². The fraction of sp³-hybridized carbons (Fsp3) is 1.00. The minimum Gasteiger partial charge on any atom is -0.329 e. The molecule has 0 amide bonds. The van der Waals surface area contributed by atoms with E-state index in [1.165, 1.54) is 45.3 Å². The third-order valence-electron chi connectivity index (χ3n) is 4.35. The Hall–Kier alpha value is -0.120. The first kappa shape index (κ1) is 12.3.